The lowest BCUT2D eigenvalue weighted by atomic mass is 10.2. The van der Waals surface area contributed by atoms with Crippen LogP contribution in [0.5, 0.6) is 0 Å². The minimum atomic E-state index is 0.583. The van der Waals surface area contributed by atoms with E-state index in [9.17, 15) is 0 Å². The molecule has 90 valence electrons. The zero-order chi connectivity index (χ0) is 12.4. The van der Waals surface area contributed by atoms with Gasteiger partial charge in [0.2, 0.25) is 5.89 Å². The number of rotatable bonds is 3. The average Bonchev–Trinajstić information content (AvgIpc) is 2.57. The zero-order valence-corrected chi connectivity index (χ0v) is 10.4. The Morgan fingerprint density at radius 1 is 1.29 bits per heavy atom. The largest absolute Gasteiger partial charge is 0.444 e. The van der Waals surface area contributed by atoms with Crippen LogP contribution in [0.1, 0.15) is 22.9 Å². The number of hydrogen-bond acceptors (Lipinski definition) is 4. The van der Waals surface area contributed by atoms with E-state index in [0.717, 1.165) is 28.4 Å². The number of nitrogens with one attached hydrogen (secondary N) is 1. The molecule has 0 amide bonds. The van der Waals surface area contributed by atoms with Gasteiger partial charge in [0.1, 0.15) is 5.76 Å². The molecule has 0 fully saturated rings. The molecule has 1 aromatic carbocycles. The molecule has 17 heavy (non-hydrogen) atoms. The first kappa shape index (κ1) is 11.5. The van der Waals surface area contributed by atoms with Gasteiger partial charge in [-0.3, -0.25) is 0 Å². The van der Waals surface area contributed by atoms with Gasteiger partial charge in [-0.2, -0.15) is 0 Å². The first-order chi connectivity index (χ1) is 8.06. The number of benzene rings is 1. The number of aromatic nitrogens is 1. The normalized spacial score (nSPS) is 10.5. The molecule has 0 atom stereocenters. The number of oxazole rings is 1. The Balaban J connectivity index is 2.07. The van der Waals surface area contributed by atoms with E-state index in [4.69, 9.17) is 10.2 Å². The van der Waals surface area contributed by atoms with Crippen molar-refractivity contribution < 1.29 is 4.42 Å². The van der Waals surface area contributed by atoms with E-state index in [1.54, 1.807) is 0 Å². The van der Waals surface area contributed by atoms with Crippen molar-refractivity contribution in [3.8, 4) is 0 Å². The summed E-state index contributed by atoms with van der Waals surface area (Å²) in [6.45, 7) is 6.46. The Bertz CT molecular complexity index is 512. The third-order valence-corrected chi connectivity index (χ3v) is 2.75. The van der Waals surface area contributed by atoms with Crippen molar-refractivity contribution in [2.75, 3.05) is 11.1 Å². The van der Waals surface area contributed by atoms with Crippen LogP contribution in [0.4, 0.5) is 11.4 Å². The van der Waals surface area contributed by atoms with Crippen molar-refractivity contribution in [2.24, 2.45) is 0 Å². The average molecular weight is 231 g/mol. The molecule has 3 N–H and O–H groups in total. The maximum Gasteiger partial charge on any atom is 0.213 e. The fourth-order valence-electron chi connectivity index (χ4n) is 1.67. The standard InChI is InChI=1S/C13H17N3O/c1-8-6-11(14)4-5-12(8)15-7-13-16-9(2)10(3)17-13/h4-6,15H,7,14H2,1-3H3. The molecule has 0 aliphatic rings. The Labute approximate surface area is 101 Å². The minimum absolute atomic E-state index is 0.583. The molecule has 0 saturated heterocycles. The highest BCUT2D eigenvalue weighted by molar-refractivity contribution is 5.57. The van der Waals surface area contributed by atoms with Gasteiger partial charge in [-0.1, -0.05) is 0 Å². The number of nitrogen functional groups attached to an aromatic ring is 1. The van der Waals surface area contributed by atoms with Crippen LogP contribution in [0.25, 0.3) is 0 Å². The van der Waals surface area contributed by atoms with Gasteiger partial charge in [0.15, 0.2) is 0 Å². The van der Waals surface area contributed by atoms with Crippen LogP contribution in [-0.4, -0.2) is 4.98 Å². The molecule has 4 heteroatoms. The topological polar surface area (TPSA) is 64.1 Å². The predicted molar refractivity (Wildman–Crippen MR) is 68.9 cm³/mol. The summed E-state index contributed by atoms with van der Waals surface area (Å²) in [6.07, 6.45) is 0. The summed E-state index contributed by atoms with van der Waals surface area (Å²) in [5.41, 5.74) is 9.58. The van der Waals surface area contributed by atoms with E-state index in [-0.39, 0.29) is 0 Å². The minimum Gasteiger partial charge on any atom is -0.444 e. The highest BCUT2D eigenvalue weighted by atomic mass is 16.4. The molecule has 0 unspecified atom stereocenters. The van der Waals surface area contributed by atoms with E-state index in [2.05, 4.69) is 10.3 Å². The van der Waals surface area contributed by atoms with Crippen molar-refractivity contribution in [1.82, 2.24) is 4.98 Å². The van der Waals surface area contributed by atoms with Gasteiger partial charge in [-0.05, 0) is 44.5 Å². The molecule has 2 rings (SSSR count). The Hall–Kier alpha value is -1.97. The SMILES string of the molecule is Cc1cc(N)ccc1NCc1nc(C)c(C)o1. The number of anilines is 2. The van der Waals surface area contributed by atoms with Gasteiger partial charge in [-0.25, -0.2) is 4.98 Å². The van der Waals surface area contributed by atoms with Crippen molar-refractivity contribution in [3.05, 3.63) is 41.1 Å². The first-order valence-corrected chi connectivity index (χ1v) is 5.59. The van der Waals surface area contributed by atoms with E-state index in [1.165, 1.54) is 0 Å². The monoisotopic (exact) mass is 231 g/mol. The summed E-state index contributed by atoms with van der Waals surface area (Å²) in [6, 6.07) is 5.78. The summed E-state index contributed by atoms with van der Waals surface area (Å²) in [5, 5.41) is 3.29. The second-order valence-corrected chi connectivity index (χ2v) is 4.18. The number of nitrogens with two attached hydrogens (primary N) is 1. The van der Waals surface area contributed by atoms with Crippen LogP contribution in [0.3, 0.4) is 0 Å². The maximum atomic E-state index is 5.70. The van der Waals surface area contributed by atoms with E-state index in [1.807, 2.05) is 39.0 Å². The molecule has 0 aliphatic carbocycles. The summed E-state index contributed by atoms with van der Waals surface area (Å²) in [5.74, 6) is 1.58. The van der Waals surface area contributed by atoms with Crippen LogP contribution >= 0.6 is 0 Å². The lowest BCUT2D eigenvalue weighted by Gasteiger charge is -2.08. The second kappa shape index (κ2) is 4.49. The highest BCUT2D eigenvalue weighted by Gasteiger charge is 2.05. The maximum absolute atomic E-state index is 5.70. The van der Waals surface area contributed by atoms with Crippen molar-refractivity contribution in [1.29, 1.82) is 0 Å². The Kier molecular flexibility index (Phi) is 3.04. The summed E-state index contributed by atoms with van der Waals surface area (Å²) >= 11 is 0. The third-order valence-electron chi connectivity index (χ3n) is 2.75. The van der Waals surface area contributed by atoms with Crippen molar-refractivity contribution in [2.45, 2.75) is 27.3 Å². The fourth-order valence-corrected chi connectivity index (χ4v) is 1.67. The van der Waals surface area contributed by atoms with E-state index >= 15 is 0 Å². The molecule has 4 nitrogen and oxygen atoms in total. The summed E-state index contributed by atoms with van der Waals surface area (Å²) in [4.78, 5) is 4.32. The van der Waals surface area contributed by atoms with E-state index in [0.29, 0.717) is 12.4 Å². The molecular weight excluding hydrogens is 214 g/mol. The number of hydrogen-bond donors (Lipinski definition) is 2. The highest BCUT2D eigenvalue weighted by Crippen LogP contribution is 2.18. The molecule has 0 radical (unpaired) electrons. The first-order valence-electron chi connectivity index (χ1n) is 5.59. The summed E-state index contributed by atoms with van der Waals surface area (Å²) < 4.78 is 5.50. The Morgan fingerprint density at radius 3 is 2.65 bits per heavy atom. The third kappa shape index (κ3) is 2.58. The lowest BCUT2D eigenvalue weighted by Crippen LogP contribution is -2.01. The van der Waals surface area contributed by atoms with Gasteiger partial charge >= 0.3 is 0 Å². The van der Waals surface area contributed by atoms with Crippen LogP contribution in [0.15, 0.2) is 22.6 Å². The number of nitrogens with zero attached hydrogens (tertiary/aromatic N) is 1. The van der Waals surface area contributed by atoms with Gasteiger partial charge in [0, 0.05) is 11.4 Å². The van der Waals surface area contributed by atoms with Crippen LogP contribution in [-0.2, 0) is 6.54 Å². The van der Waals surface area contributed by atoms with Gasteiger partial charge in [0.25, 0.3) is 0 Å². The molecule has 1 aromatic heterocycles. The van der Waals surface area contributed by atoms with Gasteiger partial charge in [-0.15, -0.1) is 0 Å². The fraction of sp³-hybridized carbons (Fsp3) is 0.308. The number of aryl methyl sites for hydroxylation is 3. The quantitative estimate of drug-likeness (QED) is 0.797. The van der Waals surface area contributed by atoms with Crippen molar-refractivity contribution >= 4 is 11.4 Å². The molecule has 0 spiro atoms. The molecular formula is C13H17N3O. The van der Waals surface area contributed by atoms with Crippen LogP contribution in [0.2, 0.25) is 0 Å². The van der Waals surface area contributed by atoms with Crippen LogP contribution in [0, 0.1) is 20.8 Å². The van der Waals surface area contributed by atoms with Crippen LogP contribution < -0.4 is 11.1 Å². The smallest absolute Gasteiger partial charge is 0.213 e. The summed E-state index contributed by atoms with van der Waals surface area (Å²) in [7, 11) is 0. The zero-order valence-electron chi connectivity index (χ0n) is 10.4. The second-order valence-electron chi connectivity index (χ2n) is 4.18. The predicted octanol–water partition coefficient (Wildman–Crippen LogP) is 2.79. The van der Waals surface area contributed by atoms with Crippen molar-refractivity contribution in [3.63, 3.8) is 0 Å². The molecule has 0 bridgehead atoms. The molecule has 1 heterocycles. The molecule has 2 aromatic rings. The van der Waals surface area contributed by atoms with Gasteiger partial charge in [0.05, 0.1) is 12.2 Å². The van der Waals surface area contributed by atoms with Gasteiger partial charge < -0.3 is 15.5 Å². The molecule has 0 aliphatic heterocycles. The van der Waals surface area contributed by atoms with E-state index < -0.39 is 0 Å². The lowest BCUT2D eigenvalue weighted by molar-refractivity contribution is 0.478. The molecule has 0 saturated carbocycles. The Morgan fingerprint density at radius 2 is 2.06 bits per heavy atom.